The Morgan fingerprint density at radius 3 is 2.67 bits per heavy atom. The molecule has 42 heavy (non-hydrogen) atoms. The van der Waals surface area contributed by atoms with E-state index in [0.29, 0.717) is 22.3 Å². The van der Waals surface area contributed by atoms with Crippen LogP contribution in [0.25, 0.3) is 22.3 Å². The van der Waals surface area contributed by atoms with Gasteiger partial charge in [0, 0.05) is 43.5 Å². The van der Waals surface area contributed by atoms with Crippen LogP contribution in [-0.2, 0) is 45.7 Å². The minimum Gasteiger partial charge on any atom is -0.462 e. The van der Waals surface area contributed by atoms with Crippen LogP contribution in [0, 0.1) is 11.3 Å². The fraction of sp³-hybridized carbons (Fsp3) is 0.560. The Bertz CT molecular complexity index is 1620. The number of nitrogens with one attached hydrogen (secondary N) is 1. The minimum absolute atomic E-state index is 0.0136. The van der Waals surface area contributed by atoms with E-state index in [2.05, 4.69) is 26.2 Å². The van der Waals surface area contributed by atoms with Crippen molar-refractivity contribution in [3.05, 3.63) is 31.0 Å². The number of aromatic nitrogens is 5. The third-order valence-electron chi connectivity index (χ3n) is 6.81. The first kappa shape index (κ1) is 31.7. The van der Waals surface area contributed by atoms with Crippen LogP contribution in [0.1, 0.15) is 34.1 Å². The Morgan fingerprint density at radius 2 is 2.02 bits per heavy atom. The quantitative estimate of drug-likeness (QED) is 0.205. The van der Waals surface area contributed by atoms with Crippen LogP contribution in [-0.4, -0.2) is 87.5 Å². The van der Waals surface area contributed by atoms with Gasteiger partial charge in [0.25, 0.3) is 7.52 Å². The second-order valence-corrected chi connectivity index (χ2v) is 14.7. The Labute approximate surface area is 244 Å². The highest BCUT2D eigenvalue weighted by atomic mass is 32.2. The first-order chi connectivity index (χ1) is 19.9. The van der Waals surface area contributed by atoms with Crippen molar-refractivity contribution in [1.29, 1.82) is 5.26 Å². The Morgan fingerprint density at radius 1 is 1.29 bits per heavy atom. The molecule has 15 nitrogen and oxygen atoms in total. The lowest BCUT2D eigenvalue weighted by Gasteiger charge is -2.47. The Kier molecular flexibility index (Phi) is 9.51. The van der Waals surface area contributed by atoms with Gasteiger partial charge in [-0.25, -0.2) is 23.5 Å². The van der Waals surface area contributed by atoms with Gasteiger partial charge in [0.15, 0.2) is 0 Å². The summed E-state index contributed by atoms with van der Waals surface area (Å²) in [6, 6.07) is 3.04. The van der Waals surface area contributed by atoms with E-state index in [4.69, 9.17) is 14.0 Å². The van der Waals surface area contributed by atoms with Gasteiger partial charge in [0.05, 0.1) is 36.2 Å². The Hall–Kier alpha value is -3.19. The highest BCUT2D eigenvalue weighted by Gasteiger charge is 2.49. The average molecular weight is 623 g/mol. The summed E-state index contributed by atoms with van der Waals surface area (Å²) in [5.74, 6) is -0.576. The standard InChI is InChI=1S/C25H35N8O7PS/c1-6-42(36,37)32-13-25(14-32,8-9-26)33-12-20(11-29-33)22-21-7-10-31(23(21)28-15-27-22)16-39-41(35,17-38-5)30-19(4)24(34)40-18(2)3/h7,10-12,15,18-19H,6,8,13-14,16-17H2,1-5H3,(H,30,35)/t19-,41?/m0/s1. The smallest absolute Gasteiger partial charge is 0.323 e. The molecule has 2 atom stereocenters. The second kappa shape index (κ2) is 12.6. The molecule has 0 aliphatic carbocycles. The lowest BCUT2D eigenvalue weighted by molar-refractivity contribution is -0.149. The number of hydrogen-bond acceptors (Lipinski definition) is 11. The molecule has 1 aliphatic rings. The van der Waals surface area contributed by atoms with Crippen LogP contribution in [0.5, 0.6) is 0 Å². The maximum Gasteiger partial charge on any atom is 0.323 e. The fourth-order valence-corrected chi connectivity index (χ4v) is 7.45. The fourth-order valence-electron chi connectivity index (χ4n) is 4.64. The molecule has 1 fully saturated rings. The molecule has 1 aliphatic heterocycles. The highest BCUT2D eigenvalue weighted by molar-refractivity contribution is 7.89. The van der Waals surface area contributed by atoms with E-state index in [1.54, 1.807) is 54.7 Å². The third kappa shape index (κ3) is 6.56. The van der Waals surface area contributed by atoms with Crippen LogP contribution >= 0.6 is 7.52 Å². The van der Waals surface area contributed by atoms with Gasteiger partial charge in [-0.15, -0.1) is 0 Å². The summed E-state index contributed by atoms with van der Waals surface area (Å²) in [7, 11) is -5.62. The monoisotopic (exact) mass is 622 g/mol. The largest absolute Gasteiger partial charge is 0.462 e. The van der Waals surface area contributed by atoms with E-state index >= 15 is 0 Å². The summed E-state index contributed by atoms with van der Waals surface area (Å²) in [5.41, 5.74) is 0.951. The molecule has 0 amide bonds. The van der Waals surface area contributed by atoms with Crippen LogP contribution in [0.4, 0.5) is 0 Å². The molecule has 0 bridgehead atoms. The molecular formula is C25H35N8O7PS. The summed E-state index contributed by atoms with van der Waals surface area (Å²) >= 11 is 0. The molecule has 17 heteroatoms. The van der Waals surface area contributed by atoms with Crippen molar-refractivity contribution < 1.29 is 31.8 Å². The minimum atomic E-state index is -3.62. The predicted octanol–water partition coefficient (Wildman–Crippen LogP) is 2.27. The van der Waals surface area contributed by atoms with Gasteiger partial charge in [0.1, 0.15) is 36.6 Å². The topological polar surface area (TPSA) is 184 Å². The number of carbonyl (C=O) groups is 1. The van der Waals surface area contributed by atoms with Gasteiger partial charge < -0.3 is 14.0 Å². The maximum atomic E-state index is 13.4. The third-order valence-corrected chi connectivity index (χ3v) is 10.5. The first-order valence-corrected chi connectivity index (χ1v) is 16.7. The van der Waals surface area contributed by atoms with E-state index in [9.17, 15) is 23.0 Å². The molecule has 0 radical (unpaired) electrons. The predicted molar refractivity (Wildman–Crippen MR) is 152 cm³/mol. The number of methoxy groups -OCH3 is 1. The number of fused-ring (bicyclic) bond motifs is 1. The summed E-state index contributed by atoms with van der Waals surface area (Å²) in [6.07, 6.45) is 5.95. The van der Waals surface area contributed by atoms with Gasteiger partial charge in [-0.1, -0.05) is 0 Å². The summed E-state index contributed by atoms with van der Waals surface area (Å²) in [4.78, 5) is 21.0. The highest BCUT2D eigenvalue weighted by Crippen LogP contribution is 2.43. The number of ether oxygens (including phenoxy) is 2. The SMILES string of the molecule is CCS(=O)(=O)N1CC(CC#N)(n2cc(-c3ncnc4c3ccn4COP(=O)(COC)N[C@@H](C)C(=O)OC(C)C)cn2)C1. The molecule has 3 aromatic heterocycles. The molecule has 4 rings (SSSR count). The zero-order valence-corrected chi connectivity index (χ0v) is 25.8. The number of hydrogen-bond donors (Lipinski definition) is 1. The van der Waals surface area contributed by atoms with Crippen LogP contribution in [0.2, 0.25) is 0 Å². The van der Waals surface area contributed by atoms with Gasteiger partial charge >= 0.3 is 5.97 Å². The van der Waals surface area contributed by atoms with E-state index in [1.165, 1.54) is 24.7 Å². The molecule has 0 aromatic carbocycles. The van der Waals surface area contributed by atoms with Gasteiger partial charge in [-0.05, 0) is 33.8 Å². The van der Waals surface area contributed by atoms with Crippen LogP contribution < -0.4 is 5.09 Å². The number of esters is 1. The number of rotatable bonds is 14. The van der Waals surface area contributed by atoms with Crippen molar-refractivity contribution in [3.8, 4) is 17.3 Å². The number of nitrogens with zero attached hydrogens (tertiary/aromatic N) is 7. The molecule has 0 spiro atoms. The molecular weight excluding hydrogens is 587 g/mol. The molecule has 1 unspecified atom stereocenters. The molecule has 0 saturated carbocycles. The number of carbonyl (C=O) groups excluding carboxylic acids is 1. The van der Waals surface area contributed by atoms with Crippen molar-refractivity contribution in [2.24, 2.45) is 0 Å². The van der Waals surface area contributed by atoms with Crippen molar-refractivity contribution in [2.45, 2.75) is 58.5 Å². The summed E-state index contributed by atoms with van der Waals surface area (Å²) in [5, 5.41) is 17.3. The zero-order chi connectivity index (χ0) is 30.7. The van der Waals surface area contributed by atoms with E-state index in [1.807, 2.05) is 0 Å². The normalized spacial score (nSPS) is 17.5. The van der Waals surface area contributed by atoms with Crippen molar-refractivity contribution in [3.63, 3.8) is 0 Å². The number of nitriles is 1. The molecule has 1 saturated heterocycles. The molecule has 4 heterocycles. The number of sulfonamides is 1. The first-order valence-electron chi connectivity index (χ1n) is 13.3. The van der Waals surface area contributed by atoms with Crippen molar-refractivity contribution >= 4 is 34.5 Å². The zero-order valence-electron chi connectivity index (χ0n) is 24.1. The second-order valence-electron chi connectivity index (χ2n) is 10.3. The van der Waals surface area contributed by atoms with Gasteiger partial charge in [0.2, 0.25) is 10.0 Å². The van der Waals surface area contributed by atoms with Crippen LogP contribution in [0.15, 0.2) is 31.0 Å². The molecule has 1 N–H and O–H groups in total. The van der Waals surface area contributed by atoms with E-state index in [-0.39, 0.29) is 44.4 Å². The summed E-state index contributed by atoms with van der Waals surface area (Å²) in [6.45, 7) is 6.72. The van der Waals surface area contributed by atoms with Crippen molar-refractivity contribution in [1.82, 2.24) is 33.7 Å². The lowest BCUT2D eigenvalue weighted by atomic mass is 9.89. The summed E-state index contributed by atoms with van der Waals surface area (Å²) < 4.78 is 58.7. The lowest BCUT2D eigenvalue weighted by Crippen LogP contribution is -2.64. The van der Waals surface area contributed by atoms with Gasteiger partial charge in [-0.2, -0.15) is 14.7 Å². The molecule has 228 valence electrons. The van der Waals surface area contributed by atoms with Crippen LogP contribution in [0.3, 0.4) is 0 Å². The van der Waals surface area contributed by atoms with Gasteiger partial charge in [-0.3, -0.25) is 18.6 Å². The average Bonchev–Trinajstić information content (AvgIpc) is 3.57. The van der Waals surface area contributed by atoms with Crippen molar-refractivity contribution in [2.75, 3.05) is 32.3 Å². The van der Waals surface area contributed by atoms with E-state index in [0.717, 1.165) is 0 Å². The molecule has 3 aromatic rings. The van der Waals surface area contributed by atoms with E-state index < -0.39 is 35.1 Å². The maximum absolute atomic E-state index is 13.4. The Balaban J connectivity index is 1.54.